The standard InChI is InChI=1S/C27H27Br2ClN3O/c1-32-8-4-17(5-9-32)12-24(34)33-10-6-18(7-11-33)26-25-19(14-22(30)15-23(25)29)2-3-20-13-21(28)16-31-27(20)26/h4-5,8-9,13-16,18,26H,2-3,6-7,10-12H2,1H3/q+1/t26-/m0/s1. The van der Waals surface area contributed by atoms with Crippen molar-refractivity contribution in [3.8, 4) is 0 Å². The predicted octanol–water partition coefficient (Wildman–Crippen LogP) is 5.80. The van der Waals surface area contributed by atoms with E-state index < -0.39 is 0 Å². The number of carbonyl (C=O) groups excluding carboxylic acids is 1. The molecule has 5 rings (SSSR count). The molecule has 1 aromatic carbocycles. The van der Waals surface area contributed by atoms with Crippen molar-refractivity contribution in [2.75, 3.05) is 13.1 Å². The summed E-state index contributed by atoms with van der Waals surface area (Å²) in [5.74, 6) is 0.823. The summed E-state index contributed by atoms with van der Waals surface area (Å²) in [7, 11) is 1.99. The maximum absolute atomic E-state index is 13.0. The minimum absolute atomic E-state index is 0.193. The van der Waals surface area contributed by atoms with E-state index in [9.17, 15) is 4.79 Å². The van der Waals surface area contributed by atoms with Gasteiger partial charge in [-0.1, -0.05) is 27.5 Å². The summed E-state index contributed by atoms with van der Waals surface area (Å²) >= 11 is 13.9. The van der Waals surface area contributed by atoms with Gasteiger partial charge in [0.15, 0.2) is 12.4 Å². The van der Waals surface area contributed by atoms with Gasteiger partial charge in [-0.3, -0.25) is 9.78 Å². The maximum Gasteiger partial charge on any atom is 0.226 e. The number of rotatable bonds is 3. The van der Waals surface area contributed by atoms with Crippen molar-refractivity contribution < 1.29 is 9.36 Å². The topological polar surface area (TPSA) is 37.1 Å². The second kappa shape index (κ2) is 10.1. The third-order valence-corrected chi connectivity index (χ3v) is 8.49. The molecular formula is C27H27Br2ClN3O+. The molecule has 1 saturated heterocycles. The van der Waals surface area contributed by atoms with Crippen LogP contribution >= 0.6 is 43.5 Å². The van der Waals surface area contributed by atoms with Crippen molar-refractivity contribution in [3.63, 3.8) is 0 Å². The van der Waals surface area contributed by atoms with Gasteiger partial charge in [-0.2, -0.15) is 0 Å². The normalized spacial score (nSPS) is 18.2. The van der Waals surface area contributed by atoms with Gasteiger partial charge in [-0.15, -0.1) is 0 Å². The third kappa shape index (κ3) is 4.95. The minimum atomic E-state index is 0.193. The molecule has 3 aromatic rings. The highest BCUT2D eigenvalue weighted by Crippen LogP contribution is 2.46. The molecule has 2 aromatic heterocycles. The van der Waals surface area contributed by atoms with Crippen LogP contribution in [0.4, 0.5) is 0 Å². The maximum atomic E-state index is 13.0. The molecule has 1 fully saturated rings. The monoisotopic (exact) mass is 602 g/mol. The Hall–Kier alpha value is -1.76. The van der Waals surface area contributed by atoms with E-state index in [-0.39, 0.29) is 11.8 Å². The number of piperidine rings is 1. The molecule has 2 aliphatic rings. The highest BCUT2D eigenvalue weighted by atomic mass is 79.9. The number of halogens is 3. The van der Waals surface area contributed by atoms with Crippen molar-refractivity contribution in [2.24, 2.45) is 13.0 Å². The number of likely N-dealkylation sites (tertiary alicyclic amines) is 1. The largest absolute Gasteiger partial charge is 0.342 e. The predicted molar refractivity (Wildman–Crippen MR) is 141 cm³/mol. The van der Waals surface area contributed by atoms with Crippen LogP contribution in [-0.2, 0) is 31.1 Å². The fourth-order valence-corrected chi connectivity index (χ4v) is 6.95. The van der Waals surface area contributed by atoms with Gasteiger partial charge in [0.05, 0.1) is 12.1 Å². The van der Waals surface area contributed by atoms with E-state index in [1.807, 2.05) is 53.3 Å². The average Bonchev–Trinajstić information content (AvgIpc) is 2.97. The van der Waals surface area contributed by atoms with Crippen molar-refractivity contribution >= 4 is 49.4 Å². The van der Waals surface area contributed by atoms with Gasteiger partial charge >= 0.3 is 0 Å². The summed E-state index contributed by atoms with van der Waals surface area (Å²) in [5.41, 5.74) is 6.16. The van der Waals surface area contributed by atoms with E-state index in [1.54, 1.807) is 0 Å². The summed E-state index contributed by atoms with van der Waals surface area (Å²) in [6, 6.07) is 10.4. The fourth-order valence-electron chi connectivity index (χ4n) is 5.45. The van der Waals surface area contributed by atoms with Crippen molar-refractivity contribution in [3.05, 3.63) is 90.8 Å². The Labute approximate surface area is 222 Å². The molecule has 176 valence electrons. The molecule has 34 heavy (non-hydrogen) atoms. The summed E-state index contributed by atoms with van der Waals surface area (Å²) in [6.45, 7) is 1.57. The molecule has 0 saturated carbocycles. The number of benzene rings is 1. The van der Waals surface area contributed by atoms with Crippen molar-refractivity contribution in [1.29, 1.82) is 0 Å². The van der Waals surface area contributed by atoms with Gasteiger partial charge in [0.2, 0.25) is 5.91 Å². The van der Waals surface area contributed by atoms with Crippen LogP contribution in [0.3, 0.4) is 0 Å². The molecular weight excluding hydrogens is 578 g/mol. The zero-order valence-corrected chi connectivity index (χ0v) is 23.0. The highest BCUT2D eigenvalue weighted by Gasteiger charge is 2.36. The first-order valence-corrected chi connectivity index (χ1v) is 13.7. The smallest absolute Gasteiger partial charge is 0.226 e. The highest BCUT2D eigenvalue weighted by molar-refractivity contribution is 9.10. The first-order valence-electron chi connectivity index (χ1n) is 11.7. The first kappa shape index (κ1) is 24.0. The lowest BCUT2D eigenvalue weighted by molar-refractivity contribution is -0.671. The Kier molecular flexibility index (Phi) is 7.10. The Morgan fingerprint density at radius 2 is 1.82 bits per heavy atom. The van der Waals surface area contributed by atoms with Crippen molar-refractivity contribution in [2.45, 2.75) is 38.0 Å². The lowest BCUT2D eigenvalue weighted by Gasteiger charge is -2.37. The van der Waals surface area contributed by atoms with Crippen LogP contribution in [-0.4, -0.2) is 28.9 Å². The Bertz CT molecular complexity index is 1220. The van der Waals surface area contributed by atoms with Gasteiger partial charge in [0.25, 0.3) is 0 Å². The van der Waals surface area contributed by atoms with Crippen LogP contribution in [0.2, 0.25) is 5.02 Å². The Morgan fingerprint density at radius 1 is 1.12 bits per heavy atom. The van der Waals surface area contributed by atoms with Crippen LogP contribution in [0, 0.1) is 5.92 Å². The zero-order valence-electron chi connectivity index (χ0n) is 19.1. The van der Waals surface area contributed by atoms with Crippen molar-refractivity contribution in [1.82, 2.24) is 9.88 Å². The second-order valence-electron chi connectivity index (χ2n) is 9.40. The van der Waals surface area contributed by atoms with E-state index in [1.165, 1.54) is 22.4 Å². The van der Waals surface area contributed by atoms with Gasteiger partial charge < -0.3 is 4.90 Å². The molecule has 0 N–H and O–H groups in total. The van der Waals surface area contributed by atoms with Crippen LogP contribution in [0.15, 0.2) is 57.9 Å². The molecule has 3 heterocycles. The first-order chi connectivity index (χ1) is 16.4. The van der Waals surface area contributed by atoms with Gasteiger partial charge in [-0.05, 0) is 88.0 Å². The lowest BCUT2D eigenvalue weighted by atomic mass is 9.76. The lowest BCUT2D eigenvalue weighted by Crippen LogP contribution is -2.41. The zero-order chi connectivity index (χ0) is 23.8. The molecule has 0 radical (unpaired) electrons. The number of amides is 1. The van der Waals surface area contributed by atoms with Crippen LogP contribution in [0.5, 0.6) is 0 Å². The quantitative estimate of drug-likeness (QED) is 0.355. The third-order valence-electron chi connectivity index (χ3n) is 7.18. The molecule has 7 heteroatoms. The number of hydrogen-bond donors (Lipinski definition) is 0. The van der Waals surface area contributed by atoms with E-state index in [0.717, 1.165) is 58.3 Å². The molecule has 1 amide bonds. The van der Waals surface area contributed by atoms with E-state index in [0.29, 0.717) is 12.3 Å². The minimum Gasteiger partial charge on any atom is -0.342 e. The van der Waals surface area contributed by atoms with Gasteiger partial charge in [0.1, 0.15) is 7.05 Å². The summed E-state index contributed by atoms with van der Waals surface area (Å²) in [5, 5.41) is 0.763. The fraction of sp³-hybridized carbons (Fsp3) is 0.370. The molecule has 4 nitrogen and oxygen atoms in total. The van der Waals surface area contributed by atoms with Crippen LogP contribution < -0.4 is 4.57 Å². The molecule has 1 atom stereocenters. The Balaban J connectivity index is 1.40. The van der Waals surface area contributed by atoms with E-state index >= 15 is 0 Å². The second-order valence-corrected chi connectivity index (χ2v) is 11.6. The van der Waals surface area contributed by atoms with Crippen LogP contribution in [0.1, 0.15) is 46.7 Å². The Morgan fingerprint density at radius 3 is 2.56 bits per heavy atom. The van der Waals surface area contributed by atoms with Gasteiger partial charge in [0, 0.05) is 51.3 Å². The SMILES string of the molecule is C[n+]1ccc(CC(=O)N2CCC([C@@H]3c4ncc(Br)cc4CCc4cc(Cl)cc(Br)c43)CC2)cc1. The van der Waals surface area contributed by atoms with E-state index in [4.69, 9.17) is 16.6 Å². The summed E-state index contributed by atoms with van der Waals surface area (Å²) in [6.07, 6.45) is 10.2. The number of pyridine rings is 2. The van der Waals surface area contributed by atoms with Crippen LogP contribution in [0.25, 0.3) is 0 Å². The number of aromatic nitrogens is 2. The number of carbonyl (C=O) groups is 1. The molecule has 1 aliphatic heterocycles. The number of nitrogens with zero attached hydrogens (tertiary/aromatic N) is 3. The molecule has 1 aliphatic carbocycles. The van der Waals surface area contributed by atoms with Gasteiger partial charge in [-0.25, -0.2) is 4.57 Å². The molecule has 0 unspecified atom stereocenters. The summed E-state index contributed by atoms with van der Waals surface area (Å²) < 4.78 is 4.07. The molecule has 0 spiro atoms. The summed E-state index contributed by atoms with van der Waals surface area (Å²) in [4.78, 5) is 20.0. The number of aryl methyl sites for hydroxylation is 3. The molecule has 0 bridgehead atoms. The van der Waals surface area contributed by atoms with E-state index in [2.05, 4.69) is 44.0 Å². The number of hydrogen-bond acceptors (Lipinski definition) is 2. The average molecular weight is 605 g/mol. The number of fused-ring (bicyclic) bond motifs is 2.